The van der Waals surface area contributed by atoms with E-state index in [0.29, 0.717) is 5.82 Å². The summed E-state index contributed by atoms with van der Waals surface area (Å²) in [6, 6.07) is 3.55. The Labute approximate surface area is 117 Å². The van der Waals surface area contributed by atoms with Crippen LogP contribution in [0.5, 0.6) is 0 Å². The molecule has 1 fully saturated rings. The first-order valence-corrected chi connectivity index (χ1v) is 7.01. The van der Waals surface area contributed by atoms with E-state index in [4.69, 9.17) is 4.74 Å². The van der Waals surface area contributed by atoms with Crippen LogP contribution in [0.3, 0.4) is 0 Å². The molecule has 20 heavy (non-hydrogen) atoms. The molecule has 0 aliphatic carbocycles. The van der Waals surface area contributed by atoms with Crippen LogP contribution in [0.2, 0.25) is 0 Å². The number of nitrogens with one attached hydrogen (secondary N) is 1. The number of anilines is 1. The average Bonchev–Trinajstić information content (AvgIpc) is 2.96. The molecule has 1 N–H and O–H groups in total. The molecule has 0 radical (unpaired) electrons. The Morgan fingerprint density at radius 2 is 2.40 bits per heavy atom. The molecule has 3 heterocycles. The molecule has 6 heteroatoms. The molecular formula is C14H18N4O2. The zero-order chi connectivity index (χ0) is 13.9. The van der Waals surface area contributed by atoms with Gasteiger partial charge in [0.25, 0.3) is 0 Å². The first-order chi connectivity index (χ1) is 9.79. The number of aromatic nitrogens is 3. The molecule has 0 saturated carbocycles. The van der Waals surface area contributed by atoms with Crippen molar-refractivity contribution in [1.29, 1.82) is 0 Å². The molecule has 1 saturated heterocycles. The van der Waals surface area contributed by atoms with Gasteiger partial charge in [-0.2, -0.15) is 9.61 Å². The highest BCUT2D eigenvalue weighted by atomic mass is 16.5. The van der Waals surface area contributed by atoms with Crippen molar-refractivity contribution in [2.24, 2.45) is 5.92 Å². The lowest BCUT2D eigenvalue weighted by atomic mass is 9.92. The second kappa shape index (κ2) is 5.58. The third kappa shape index (κ3) is 2.38. The third-order valence-electron chi connectivity index (χ3n) is 3.72. The van der Waals surface area contributed by atoms with Gasteiger partial charge < -0.3 is 10.1 Å². The van der Waals surface area contributed by atoms with Crippen molar-refractivity contribution in [3.63, 3.8) is 0 Å². The van der Waals surface area contributed by atoms with Crippen LogP contribution in [0.1, 0.15) is 26.2 Å². The van der Waals surface area contributed by atoms with Gasteiger partial charge in [0.05, 0.1) is 18.2 Å². The van der Waals surface area contributed by atoms with Crippen LogP contribution in [0.4, 0.5) is 5.82 Å². The summed E-state index contributed by atoms with van der Waals surface area (Å²) in [5, 5.41) is 7.11. The SMILES string of the molecule is CCC1OCCCC1C(=O)Nc1ccnc2ccnn12. The zero-order valence-corrected chi connectivity index (χ0v) is 11.5. The minimum Gasteiger partial charge on any atom is -0.377 e. The molecule has 3 rings (SSSR count). The molecule has 2 aromatic rings. The van der Waals surface area contributed by atoms with E-state index in [1.165, 1.54) is 0 Å². The topological polar surface area (TPSA) is 68.5 Å². The maximum atomic E-state index is 12.4. The van der Waals surface area contributed by atoms with Crippen LogP contribution in [0.25, 0.3) is 5.65 Å². The van der Waals surface area contributed by atoms with E-state index in [0.717, 1.165) is 31.5 Å². The van der Waals surface area contributed by atoms with Crippen molar-refractivity contribution in [2.45, 2.75) is 32.3 Å². The van der Waals surface area contributed by atoms with E-state index < -0.39 is 0 Å². The number of hydrogen-bond acceptors (Lipinski definition) is 4. The number of amides is 1. The number of carbonyl (C=O) groups is 1. The number of fused-ring (bicyclic) bond motifs is 1. The summed E-state index contributed by atoms with van der Waals surface area (Å²) >= 11 is 0. The van der Waals surface area contributed by atoms with Gasteiger partial charge in [-0.05, 0) is 25.3 Å². The number of nitrogens with zero attached hydrogens (tertiary/aromatic N) is 3. The van der Waals surface area contributed by atoms with Crippen LogP contribution < -0.4 is 5.32 Å². The van der Waals surface area contributed by atoms with E-state index in [9.17, 15) is 4.79 Å². The molecule has 2 unspecified atom stereocenters. The average molecular weight is 274 g/mol. The molecule has 1 aliphatic heterocycles. The third-order valence-corrected chi connectivity index (χ3v) is 3.72. The fourth-order valence-electron chi connectivity index (χ4n) is 2.69. The zero-order valence-electron chi connectivity index (χ0n) is 11.5. The molecule has 1 amide bonds. The molecule has 1 aliphatic rings. The maximum absolute atomic E-state index is 12.4. The molecular weight excluding hydrogens is 256 g/mol. The van der Waals surface area contributed by atoms with Gasteiger partial charge in [-0.15, -0.1) is 0 Å². The van der Waals surface area contributed by atoms with Gasteiger partial charge >= 0.3 is 0 Å². The van der Waals surface area contributed by atoms with E-state index in [1.54, 1.807) is 29.0 Å². The van der Waals surface area contributed by atoms with Gasteiger partial charge in [0.2, 0.25) is 5.91 Å². The number of ether oxygens (including phenoxy) is 1. The lowest BCUT2D eigenvalue weighted by Gasteiger charge is -2.30. The maximum Gasteiger partial charge on any atom is 0.231 e. The van der Waals surface area contributed by atoms with Crippen molar-refractivity contribution in [3.05, 3.63) is 24.5 Å². The monoisotopic (exact) mass is 274 g/mol. The highest BCUT2D eigenvalue weighted by Crippen LogP contribution is 2.24. The Morgan fingerprint density at radius 1 is 1.50 bits per heavy atom. The Morgan fingerprint density at radius 3 is 3.25 bits per heavy atom. The van der Waals surface area contributed by atoms with Gasteiger partial charge in [-0.1, -0.05) is 6.92 Å². The van der Waals surface area contributed by atoms with Crippen molar-refractivity contribution >= 4 is 17.4 Å². The summed E-state index contributed by atoms with van der Waals surface area (Å²) in [6.07, 6.45) is 6.00. The van der Waals surface area contributed by atoms with Gasteiger partial charge in [0.1, 0.15) is 5.82 Å². The smallest absolute Gasteiger partial charge is 0.231 e. The normalized spacial score (nSPS) is 22.9. The number of carbonyl (C=O) groups excluding carboxylic acids is 1. The molecule has 0 aromatic carbocycles. The molecule has 106 valence electrons. The predicted octanol–water partition coefficient (Wildman–Crippen LogP) is 1.87. The van der Waals surface area contributed by atoms with Crippen molar-refractivity contribution in [1.82, 2.24) is 14.6 Å². The van der Waals surface area contributed by atoms with Crippen molar-refractivity contribution in [2.75, 3.05) is 11.9 Å². The fourth-order valence-corrected chi connectivity index (χ4v) is 2.69. The molecule has 2 atom stereocenters. The first-order valence-electron chi connectivity index (χ1n) is 7.01. The highest BCUT2D eigenvalue weighted by molar-refractivity contribution is 5.92. The second-order valence-corrected chi connectivity index (χ2v) is 4.99. The summed E-state index contributed by atoms with van der Waals surface area (Å²) in [4.78, 5) is 16.6. The Bertz CT molecular complexity index is 610. The van der Waals surface area contributed by atoms with Gasteiger partial charge in [-0.25, -0.2) is 4.98 Å². The van der Waals surface area contributed by atoms with Crippen LogP contribution in [-0.2, 0) is 9.53 Å². The summed E-state index contributed by atoms with van der Waals surface area (Å²) in [5.74, 6) is 0.553. The number of hydrogen-bond donors (Lipinski definition) is 1. The van der Waals surface area contributed by atoms with E-state index in [-0.39, 0.29) is 17.9 Å². The number of rotatable bonds is 3. The Kier molecular flexibility index (Phi) is 3.64. The summed E-state index contributed by atoms with van der Waals surface area (Å²) < 4.78 is 7.30. The van der Waals surface area contributed by atoms with Crippen LogP contribution in [0, 0.1) is 5.92 Å². The highest BCUT2D eigenvalue weighted by Gasteiger charge is 2.30. The van der Waals surface area contributed by atoms with E-state index >= 15 is 0 Å². The summed E-state index contributed by atoms with van der Waals surface area (Å²) in [5.41, 5.74) is 0.717. The molecule has 0 bridgehead atoms. The van der Waals surface area contributed by atoms with Crippen molar-refractivity contribution < 1.29 is 9.53 Å². The standard InChI is InChI=1S/C14H18N4O2/c1-2-11-10(4-3-9-20-11)14(19)17-13-5-7-15-12-6-8-16-18(12)13/h5-8,10-11H,2-4,9H2,1H3,(H,17,19). The van der Waals surface area contributed by atoms with Gasteiger partial charge in [-0.3, -0.25) is 4.79 Å². The van der Waals surface area contributed by atoms with Crippen molar-refractivity contribution in [3.8, 4) is 0 Å². The minimum atomic E-state index is -0.0903. The first kappa shape index (κ1) is 13.1. The van der Waals surface area contributed by atoms with E-state index in [2.05, 4.69) is 22.3 Å². The lowest BCUT2D eigenvalue weighted by Crippen LogP contribution is -2.38. The predicted molar refractivity (Wildman–Crippen MR) is 74.4 cm³/mol. The van der Waals surface area contributed by atoms with Crippen LogP contribution >= 0.6 is 0 Å². The van der Waals surface area contributed by atoms with Crippen LogP contribution in [0.15, 0.2) is 24.5 Å². The van der Waals surface area contributed by atoms with Crippen LogP contribution in [-0.4, -0.2) is 33.2 Å². The quantitative estimate of drug-likeness (QED) is 0.927. The van der Waals surface area contributed by atoms with Gasteiger partial charge in [0.15, 0.2) is 5.65 Å². The minimum absolute atomic E-state index is 0.000417. The lowest BCUT2D eigenvalue weighted by molar-refractivity contribution is -0.129. The van der Waals surface area contributed by atoms with E-state index in [1.807, 2.05) is 0 Å². The fraction of sp³-hybridized carbons (Fsp3) is 0.500. The largest absolute Gasteiger partial charge is 0.377 e. The van der Waals surface area contributed by atoms with Gasteiger partial charge in [0, 0.05) is 18.9 Å². The summed E-state index contributed by atoms with van der Waals surface area (Å²) in [7, 11) is 0. The Hall–Kier alpha value is -1.95. The molecule has 0 spiro atoms. The Balaban J connectivity index is 1.79. The molecule has 2 aromatic heterocycles. The second-order valence-electron chi connectivity index (χ2n) is 4.99. The molecule has 6 nitrogen and oxygen atoms in total. The summed E-state index contributed by atoms with van der Waals surface area (Å²) in [6.45, 7) is 2.80.